The molecule has 50 heavy (non-hydrogen) atoms. The highest BCUT2D eigenvalue weighted by atomic mass is 79.9. The van der Waals surface area contributed by atoms with E-state index in [1.165, 1.54) is 0 Å². The molecule has 4 aromatic rings. The number of unbranched alkanes of at least 4 members (excludes halogenated alkanes) is 7. The van der Waals surface area contributed by atoms with Gasteiger partial charge in [0, 0.05) is 5.33 Å². The summed E-state index contributed by atoms with van der Waals surface area (Å²) in [5.74, 6) is 4.68. The number of fused-ring (bicyclic) bond motifs is 6. The van der Waals surface area contributed by atoms with E-state index in [1.54, 1.807) is 0 Å². The first-order valence-corrected chi connectivity index (χ1v) is 20.6. The molecule has 0 saturated heterocycles. The Labute approximate surface area is 309 Å². The fraction of sp³-hybridized carbons (Fsp3) is 0.581. The van der Waals surface area contributed by atoms with Crippen LogP contribution in [0.2, 0.25) is 0 Å². The van der Waals surface area contributed by atoms with E-state index in [1.807, 2.05) is 0 Å². The molecule has 7 heteroatoms. The number of benzene rings is 4. The summed E-state index contributed by atoms with van der Waals surface area (Å²) < 4.78 is 38.7. The fourth-order valence-electron chi connectivity index (χ4n) is 5.88. The molecule has 0 aliphatic rings. The summed E-state index contributed by atoms with van der Waals surface area (Å²) in [4.78, 5) is 0. The summed E-state index contributed by atoms with van der Waals surface area (Å²) in [7, 11) is 0. The quantitative estimate of drug-likeness (QED) is 0.0362. The van der Waals surface area contributed by atoms with Crippen LogP contribution in [0.3, 0.4) is 0 Å². The van der Waals surface area contributed by atoms with Crippen LogP contribution in [0.4, 0.5) is 0 Å². The van der Waals surface area contributed by atoms with Crippen LogP contribution in [0.5, 0.6) is 34.5 Å². The predicted octanol–water partition coefficient (Wildman–Crippen LogP) is 13.0. The number of hydrogen-bond acceptors (Lipinski definition) is 6. The van der Waals surface area contributed by atoms with Crippen molar-refractivity contribution in [2.45, 2.75) is 118 Å². The molecule has 0 amide bonds. The molecule has 0 radical (unpaired) electrons. The Hall–Kier alpha value is -3.06. The Morgan fingerprint density at radius 3 is 0.740 bits per heavy atom. The first-order valence-electron chi connectivity index (χ1n) is 19.5. The number of halogens is 1. The Morgan fingerprint density at radius 2 is 0.540 bits per heavy atom. The van der Waals surface area contributed by atoms with Gasteiger partial charge in [0.2, 0.25) is 0 Å². The Bertz CT molecular complexity index is 1560. The molecule has 0 aromatic heterocycles. The van der Waals surface area contributed by atoms with E-state index in [2.05, 4.69) is 86.9 Å². The van der Waals surface area contributed by atoms with Crippen molar-refractivity contribution in [1.29, 1.82) is 0 Å². The molecule has 6 nitrogen and oxygen atoms in total. The Balaban J connectivity index is 2.02. The number of rotatable bonds is 26. The molecule has 0 saturated carbocycles. The second-order valence-corrected chi connectivity index (χ2v) is 13.9. The highest BCUT2D eigenvalue weighted by molar-refractivity contribution is 9.09. The van der Waals surface area contributed by atoms with Crippen LogP contribution in [-0.4, -0.2) is 45.0 Å². The predicted molar refractivity (Wildman–Crippen MR) is 214 cm³/mol. The third-order valence-electron chi connectivity index (χ3n) is 8.93. The summed E-state index contributed by atoms with van der Waals surface area (Å²) in [6, 6.07) is 13.1. The van der Waals surface area contributed by atoms with Gasteiger partial charge in [0.05, 0.1) is 39.6 Å². The highest BCUT2D eigenvalue weighted by Crippen LogP contribution is 2.47. The number of hydrogen-bond donors (Lipinski definition) is 0. The van der Waals surface area contributed by atoms with E-state index in [-0.39, 0.29) is 0 Å². The maximum Gasteiger partial charge on any atom is 0.161 e. The minimum Gasteiger partial charge on any atom is -0.490 e. The molecule has 0 fully saturated rings. The zero-order chi connectivity index (χ0) is 35.6. The normalized spacial score (nSPS) is 11.4. The van der Waals surface area contributed by atoms with Gasteiger partial charge >= 0.3 is 0 Å². The molecule has 0 N–H and O–H groups in total. The molecule has 0 unspecified atom stereocenters. The zero-order valence-electron chi connectivity index (χ0n) is 31.4. The maximum absolute atomic E-state index is 6.50. The first-order chi connectivity index (χ1) is 24.6. The van der Waals surface area contributed by atoms with Crippen molar-refractivity contribution >= 4 is 48.2 Å². The lowest BCUT2D eigenvalue weighted by Gasteiger charge is -2.20. The highest BCUT2D eigenvalue weighted by Gasteiger charge is 2.20. The number of alkyl halides is 1. The van der Waals surface area contributed by atoms with Crippen molar-refractivity contribution < 1.29 is 28.4 Å². The van der Waals surface area contributed by atoms with Gasteiger partial charge in [0.25, 0.3) is 0 Å². The van der Waals surface area contributed by atoms with Gasteiger partial charge in [-0.05, 0) is 120 Å². The average Bonchev–Trinajstić information content (AvgIpc) is 3.12. The van der Waals surface area contributed by atoms with Gasteiger partial charge in [-0.25, -0.2) is 0 Å². The van der Waals surface area contributed by atoms with Crippen molar-refractivity contribution in [2.24, 2.45) is 0 Å². The maximum atomic E-state index is 6.50. The van der Waals surface area contributed by atoms with E-state index in [0.29, 0.717) is 39.6 Å². The average molecular weight is 754 g/mol. The number of ether oxygens (including phenoxy) is 6. The lowest BCUT2D eigenvalue weighted by molar-refractivity contribution is 0.261. The minimum absolute atomic E-state index is 0.641. The van der Waals surface area contributed by atoms with Crippen LogP contribution in [0.25, 0.3) is 32.3 Å². The van der Waals surface area contributed by atoms with Crippen LogP contribution >= 0.6 is 15.9 Å². The van der Waals surface area contributed by atoms with Crippen LogP contribution in [0.15, 0.2) is 36.4 Å². The third-order valence-corrected chi connectivity index (χ3v) is 9.50. The topological polar surface area (TPSA) is 55.4 Å². The first kappa shape index (κ1) is 39.7. The van der Waals surface area contributed by atoms with Gasteiger partial charge in [-0.2, -0.15) is 0 Å². The molecule has 0 aliphatic heterocycles. The van der Waals surface area contributed by atoms with Crippen molar-refractivity contribution in [1.82, 2.24) is 0 Å². The second kappa shape index (κ2) is 22.0. The minimum atomic E-state index is 0.641. The van der Waals surface area contributed by atoms with Crippen molar-refractivity contribution in [3.63, 3.8) is 0 Å². The molecule has 4 aromatic carbocycles. The van der Waals surface area contributed by atoms with Crippen molar-refractivity contribution in [2.75, 3.05) is 45.0 Å². The molecule has 0 atom stereocenters. The van der Waals surface area contributed by atoms with Crippen molar-refractivity contribution in [3.8, 4) is 34.5 Å². The lowest BCUT2D eigenvalue weighted by Crippen LogP contribution is -2.04. The Morgan fingerprint density at radius 1 is 0.320 bits per heavy atom. The summed E-state index contributed by atoms with van der Waals surface area (Å²) in [6.45, 7) is 14.8. The fourth-order valence-corrected chi connectivity index (χ4v) is 6.28. The molecule has 0 heterocycles. The summed E-state index contributed by atoms with van der Waals surface area (Å²) >= 11 is 3.56. The molecule has 4 rings (SSSR count). The van der Waals surface area contributed by atoms with Crippen LogP contribution in [-0.2, 0) is 0 Å². The zero-order valence-corrected chi connectivity index (χ0v) is 33.0. The molecule has 0 aliphatic carbocycles. The van der Waals surface area contributed by atoms with Gasteiger partial charge in [-0.15, -0.1) is 0 Å². The molecule has 0 spiro atoms. The van der Waals surface area contributed by atoms with Gasteiger partial charge in [-0.1, -0.05) is 82.7 Å². The van der Waals surface area contributed by atoms with Crippen LogP contribution < -0.4 is 28.4 Å². The summed E-state index contributed by atoms with van der Waals surface area (Å²) in [5.41, 5.74) is 0. The molecular weight excluding hydrogens is 692 g/mol. The van der Waals surface area contributed by atoms with E-state index in [0.717, 1.165) is 156 Å². The smallest absolute Gasteiger partial charge is 0.161 e. The van der Waals surface area contributed by atoms with Crippen LogP contribution in [0.1, 0.15) is 118 Å². The third kappa shape index (κ3) is 11.0. The SMILES string of the molecule is CCCCOc1cc2c3cc(OCCCC)c(OCCCC)cc3c3cc(OCCCCCBr)c(OCCCC)cc3c2cc1OCCCC. The monoisotopic (exact) mass is 752 g/mol. The molecule has 276 valence electrons. The van der Waals surface area contributed by atoms with Crippen LogP contribution in [0, 0.1) is 0 Å². The van der Waals surface area contributed by atoms with Crippen molar-refractivity contribution in [3.05, 3.63) is 36.4 Å². The largest absolute Gasteiger partial charge is 0.490 e. The van der Waals surface area contributed by atoms with Gasteiger partial charge in [0.1, 0.15) is 0 Å². The van der Waals surface area contributed by atoms with E-state index >= 15 is 0 Å². The summed E-state index contributed by atoms with van der Waals surface area (Å²) in [6.07, 6.45) is 13.5. The standard InChI is InChI=1S/C43H61BrO6/c1-6-11-20-45-38-26-32-33-27-39(46-21-12-7-2)41(48-23-14-9-4)29-35(33)37-31-43(50-25-18-16-17-19-44)42(49-24-15-10-5)30-36(37)34(32)28-40(38)47-22-13-8-3/h26-31H,6-25H2,1-5H3. The molecular formula is C43H61BrO6. The van der Waals surface area contributed by atoms with Gasteiger partial charge in [-0.3, -0.25) is 0 Å². The van der Waals surface area contributed by atoms with Gasteiger partial charge < -0.3 is 28.4 Å². The van der Waals surface area contributed by atoms with E-state index < -0.39 is 0 Å². The Kier molecular flexibility index (Phi) is 17.5. The second-order valence-electron chi connectivity index (χ2n) is 13.1. The van der Waals surface area contributed by atoms with E-state index in [4.69, 9.17) is 28.4 Å². The van der Waals surface area contributed by atoms with Gasteiger partial charge in [0.15, 0.2) is 34.5 Å². The van der Waals surface area contributed by atoms with E-state index in [9.17, 15) is 0 Å². The molecule has 0 bridgehead atoms. The lowest BCUT2D eigenvalue weighted by atomic mass is 9.93. The summed E-state index contributed by atoms with van der Waals surface area (Å²) in [5, 5.41) is 7.54.